The maximum atomic E-state index is 12.6. The van der Waals surface area contributed by atoms with Crippen LogP contribution in [-0.4, -0.2) is 64.3 Å². The van der Waals surface area contributed by atoms with Crippen molar-refractivity contribution in [1.29, 1.82) is 0 Å². The number of halogens is 3. The fourth-order valence-corrected chi connectivity index (χ4v) is 5.30. The predicted molar refractivity (Wildman–Crippen MR) is 164 cm³/mol. The zero-order chi connectivity index (χ0) is 31.1. The highest BCUT2D eigenvalue weighted by Crippen LogP contribution is 2.31. The molecule has 4 heterocycles. The summed E-state index contributed by atoms with van der Waals surface area (Å²) in [6.45, 7) is 3.21. The zero-order valence-electron chi connectivity index (χ0n) is 24.5. The zero-order valence-corrected chi connectivity index (χ0v) is 24.5. The Morgan fingerprint density at radius 3 is 2.61 bits per heavy atom. The standard InChI is InChI=1S/C33H35F3N6O2/c1-2-27-22-29(39-26-10-8-24(9-11-26)32(44)38-18-13-25-6-3-4-17-37-25)40-31-28(7-5-19-42(27)31)23-14-20-41(21-15-23)30(43)12-16-33(34,35)36/h3-11,14,17,19,22,27,39H,2,12-13,15-16,18,20-21H2,1H3,(H,38,44). The molecule has 0 aliphatic carbocycles. The molecule has 2 aromatic rings. The number of benzene rings is 1. The van der Waals surface area contributed by atoms with Crippen LogP contribution in [0.2, 0.25) is 0 Å². The fourth-order valence-electron chi connectivity index (χ4n) is 5.30. The van der Waals surface area contributed by atoms with Gasteiger partial charge >= 0.3 is 6.18 Å². The van der Waals surface area contributed by atoms with Gasteiger partial charge in [0.15, 0.2) is 0 Å². The molecule has 1 unspecified atom stereocenters. The number of nitrogens with zero attached hydrogens (tertiary/aromatic N) is 4. The lowest BCUT2D eigenvalue weighted by molar-refractivity contribution is -0.148. The summed E-state index contributed by atoms with van der Waals surface area (Å²) in [6.07, 6.45) is 7.66. The monoisotopic (exact) mass is 604 g/mol. The summed E-state index contributed by atoms with van der Waals surface area (Å²) in [5.74, 6) is 0.810. The van der Waals surface area contributed by atoms with E-state index in [4.69, 9.17) is 4.99 Å². The van der Waals surface area contributed by atoms with Crippen LogP contribution in [0.1, 0.15) is 48.7 Å². The van der Waals surface area contributed by atoms with Crippen LogP contribution in [0.15, 0.2) is 101 Å². The van der Waals surface area contributed by atoms with Crippen LogP contribution < -0.4 is 10.6 Å². The smallest absolute Gasteiger partial charge is 0.352 e. The number of carbonyl (C=O) groups is 2. The van der Waals surface area contributed by atoms with Gasteiger partial charge in [-0.25, -0.2) is 4.99 Å². The van der Waals surface area contributed by atoms with Gasteiger partial charge in [-0.15, -0.1) is 0 Å². The molecule has 5 rings (SSSR count). The second-order valence-corrected chi connectivity index (χ2v) is 10.8. The minimum absolute atomic E-state index is 0.0544. The average molecular weight is 605 g/mol. The van der Waals surface area contributed by atoms with E-state index in [-0.39, 0.29) is 18.5 Å². The first-order chi connectivity index (χ1) is 21.2. The van der Waals surface area contributed by atoms with Gasteiger partial charge in [-0.1, -0.05) is 19.1 Å². The molecule has 3 aliphatic heterocycles. The van der Waals surface area contributed by atoms with E-state index in [1.807, 2.05) is 54.8 Å². The number of fused-ring (bicyclic) bond motifs is 1. The minimum Gasteiger partial charge on any atom is -0.352 e. The molecule has 2 N–H and O–H groups in total. The lowest BCUT2D eigenvalue weighted by atomic mass is 9.94. The number of anilines is 1. The molecule has 1 aromatic carbocycles. The van der Waals surface area contributed by atoms with Crippen molar-refractivity contribution in [3.8, 4) is 0 Å². The molecule has 1 aromatic heterocycles. The van der Waals surface area contributed by atoms with Gasteiger partial charge in [0, 0.05) is 67.4 Å². The van der Waals surface area contributed by atoms with Crippen molar-refractivity contribution < 1.29 is 22.8 Å². The molecule has 44 heavy (non-hydrogen) atoms. The summed E-state index contributed by atoms with van der Waals surface area (Å²) in [4.78, 5) is 37.7. The number of amides is 2. The normalized spacial score (nSPS) is 18.0. The van der Waals surface area contributed by atoms with Crippen LogP contribution >= 0.6 is 0 Å². The fraction of sp³-hybridized carbons (Fsp3) is 0.333. The Bertz CT molecular complexity index is 1510. The number of aromatic nitrogens is 1. The van der Waals surface area contributed by atoms with E-state index in [9.17, 15) is 22.8 Å². The van der Waals surface area contributed by atoms with Crippen LogP contribution in [0, 0.1) is 0 Å². The number of amidine groups is 1. The number of aliphatic imine (C=N–C) groups is 1. The van der Waals surface area contributed by atoms with Crippen molar-refractivity contribution in [3.63, 3.8) is 0 Å². The van der Waals surface area contributed by atoms with E-state index in [0.717, 1.165) is 34.8 Å². The highest BCUT2D eigenvalue weighted by Gasteiger charge is 2.32. The van der Waals surface area contributed by atoms with Crippen LogP contribution in [-0.2, 0) is 11.2 Å². The topological polar surface area (TPSA) is 89.9 Å². The van der Waals surface area contributed by atoms with Gasteiger partial charge in [0.1, 0.15) is 11.7 Å². The van der Waals surface area contributed by atoms with E-state index < -0.39 is 24.9 Å². The van der Waals surface area contributed by atoms with Crippen molar-refractivity contribution in [2.24, 2.45) is 4.99 Å². The Morgan fingerprint density at radius 1 is 1.11 bits per heavy atom. The van der Waals surface area contributed by atoms with Gasteiger partial charge < -0.3 is 20.4 Å². The van der Waals surface area contributed by atoms with Gasteiger partial charge in [-0.3, -0.25) is 14.6 Å². The minimum atomic E-state index is -4.35. The molecule has 0 saturated heterocycles. The molecule has 0 fully saturated rings. The molecule has 1 atom stereocenters. The molecule has 0 bridgehead atoms. The third-order valence-corrected chi connectivity index (χ3v) is 7.69. The van der Waals surface area contributed by atoms with Crippen LogP contribution in [0.5, 0.6) is 0 Å². The predicted octanol–water partition coefficient (Wildman–Crippen LogP) is 5.76. The van der Waals surface area contributed by atoms with Crippen LogP contribution in [0.25, 0.3) is 0 Å². The molecular weight excluding hydrogens is 569 g/mol. The quantitative estimate of drug-likeness (QED) is 0.360. The number of rotatable bonds is 10. The number of allylic oxidation sites excluding steroid dienone is 2. The second-order valence-electron chi connectivity index (χ2n) is 10.8. The van der Waals surface area contributed by atoms with Crippen LogP contribution in [0.4, 0.5) is 18.9 Å². The van der Waals surface area contributed by atoms with Crippen molar-refractivity contribution in [1.82, 2.24) is 20.1 Å². The van der Waals surface area contributed by atoms with E-state index in [1.54, 1.807) is 18.3 Å². The van der Waals surface area contributed by atoms with E-state index in [2.05, 4.69) is 33.5 Å². The average Bonchev–Trinajstić information content (AvgIpc) is 3.03. The van der Waals surface area contributed by atoms with Crippen LogP contribution in [0.3, 0.4) is 0 Å². The molecule has 0 saturated carbocycles. The number of nitrogens with one attached hydrogen (secondary N) is 2. The largest absolute Gasteiger partial charge is 0.389 e. The maximum absolute atomic E-state index is 12.6. The molecule has 0 spiro atoms. The molecule has 8 nitrogen and oxygen atoms in total. The highest BCUT2D eigenvalue weighted by molar-refractivity contribution is 6.05. The number of carbonyl (C=O) groups excluding carboxylic acids is 2. The molecule has 3 aliphatic rings. The number of alkyl halides is 3. The summed E-state index contributed by atoms with van der Waals surface area (Å²) in [5, 5.41) is 6.30. The van der Waals surface area contributed by atoms with E-state index in [1.165, 1.54) is 4.90 Å². The van der Waals surface area contributed by atoms with E-state index >= 15 is 0 Å². The molecule has 0 radical (unpaired) electrons. The second kappa shape index (κ2) is 13.7. The third-order valence-electron chi connectivity index (χ3n) is 7.69. The summed E-state index contributed by atoms with van der Waals surface area (Å²) in [5.41, 5.74) is 4.19. The molecule has 2 amide bonds. The highest BCUT2D eigenvalue weighted by atomic mass is 19.4. The molecule has 11 heteroatoms. The van der Waals surface area contributed by atoms with Gasteiger partial charge in [-0.05, 0) is 73.0 Å². The van der Waals surface area contributed by atoms with E-state index in [0.29, 0.717) is 37.3 Å². The van der Waals surface area contributed by atoms with Crippen molar-refractivity contribution in [2.75, 3.05) is 25.0 Å². The Morgan fingerprint density at radius 2 is 1.93 bits per heavy atom. The van der Waals surface area contributed by atoms with Gasteiger partial charge in [-0.2, -0.15) is 13.2 Å². The first kappa shape index (κ1) is 30.8. The van der Waals surface area contributed by atoms with Gasteiger partial charge in [0.2, 0.25) is 5.91 Å². The molecule has 230 valence electrons. The Hall–Kier alpha value is -4.67. The molecular formula is C33H35F3N6O2. The van der Waals surface area contributed by atoms with Crippen molar-refractivity contribution in [2.45, 2.75) is 51.2 Å². The maximum Gasteiger partial charge on any atom is 0.389 e. The van der Waals surface area contributed by atoms with Crippen molar-refractivity contribution in [3.05, 3.63) is 107 Å². The summed E-state index contributed by atoms with van der Waals surface area (Å²) in [7, 11) is 0. The number of hydrogen-bond donors (Lipinski definition) is 2. The Kier molecular flexibility index (Phi) is 9.62. The van der Waals surface area contributed by atoms with Gasteiger partial charge in [0.25, 0.3) is 5.91 Å². The summed E-state index contributed by atoms with van der Waals surface area (Å²) < 4.78 is 37.7. The summed E-state index contributed by atoms with van der Waals surface area (Å²) >= 11 is 0. The number of hydrogen-bond acceptors (Lipinski definition) is 6. The third kappa shape index (κ3) is 7.83. The Balaban J connectivity index is 1.22. The SMILES string of the molecule is CCC1C=C(Nc2ccc(C(=O)NCCc3ccccn3)cc2)N=C2C(C3=CCN(C(=O)CCC(F)(F)F)CC3)=CC=CN21. The lowest BCUT2D eigenvalue weighted by Crippen LogP contribution is -2.41. The summed E-state index contributed by atoms with van der Waals surface area (Å²) in [6, 6.07) is 13.0. The number of pyridine rings is 1. The lowest BCUT2D eigenvalue weighted by Gasteiger charge is -2.37. The van der Waals surface area contributed by atoms with Gasteiger partial charge in [0.05, 0.1) is 12.5 Å². The van der Waals surface area contributed by atoms with Crippen molar-refractivity contribution >= 4 is 23.3 Å². The Labute approximate surface area is 254 Å². The first-order valence-electron chi connectivity index (χ1n) is 14.8. The first-order valence-corrected chi connectivity index (χ1v) is 14.8.